The number of carbonyl (C=O) groups is 4. The van der Waals surface area contributed by atoms with Gasteiger partial charge in [-0.3, -0.25) is 14.6 Å². The van der Waals surface area contributed by atoms with Crippen molar-refractivity contribution in [3.8, 4) is 22.5 Å². The quantitative estimate of drug-likeness (QED) is 0.115. The summed E-state index contributed by atoms with van der Waals surface area (Å²) in [5.74, 6) is 0.0458. The smallest absolute Gasteiger partial charge is 0.407 e. The first-order valence-electron chi connectivity index (χ1n) is 22.4. The van der Waals surface area contributed by atoms with Gasteiger partial charge in [0.15, 0.2) is 5.79 Å². The Hall–Kier alpha value is -6.07. The second-order valence-electron chi connectivity index (χ2n) is 18.3. The van der Waals surface area contributed by atoms with E-state index in [1.807, 2.05) is 57.0 Å². The molecule has 3 aliphatic heterocycles. The topological polar surface area (TPSA) is 206 Å². The van der Waals surface area contributed by atoms with Crippen molar-refractivity contribution in [2.24, 2.45) is 17.8 Å². The van der Waals surface area contributed by atoms with Crippen molar-refractivity contribution in [2.75, 3.05) is 34.0 Å². The van der Waals surface area contributed by atoms with Gasteiger partial charge in [0.1, 0.15) is 23.7 Å². The number of alkyl carbamates (subject to hydrolysis) is 2. The molecule has 5 aromatic rings. The first-order chi connectivity index (χ1) is 30.8. The summed E-state index contributed by atoms with van der Waals surface area (Å²) in [7, 11) is 2.58. The van der Waals surface area contributed by atoms with Gasteiger partial charge in [-0.05, 0) is 77.8 Å². The number of nitrogens with one attached hydrogen (secondary N) is 4. The zero-order valence-corrected chi connectivity index (χ0v) is 37.2. The van der Waals surface area contributed by atoms with Crippen LogP contribution in [0.15, 0.2) is 54.9 Å². The highest BCUT2D eigenvalue weighted by Crippen LogP contribution is 2.47. The molecule has 4 amide bonds. The van der Waals surface area contributed by atoms with E-state index in [-0.39, 0.29) is 42.3 Å². The number of hydrogen-bond donors (Lipinski definition) is 4. The maximum absolute atomic E-state index is 14.3. The van der Waals surface area contributed by atoms with Gasteiger partial charge >= 0.3 is 12.2 Å². The average molecular weight is 876 g/mol. The number of pyridine rings is 1. The van der Waals surface area contributed by atoms with E-state index in [0.29, 0.717) is 31.4 Å². The van der Waals surface area contributed by atoms with Crippen LogP contribution in [0.3, 0.4) is 0 Å². The van der Waals surface area contributed by atoms with Crippen molar-refractivity contribution in [2.45, 2.75) is 102 Å². The SMILES string of the molecule is COC(=O)N[C@H](C(=O)N1CC2(C[C@H]1c1nc3ccc(-c4ccc5cc(-c6cnc([C@@H]7C[C@@H]8CCCC[C@@H]8N7C(=O)[C@@H](NC(=O)OC)C(C)C)[nH]6)ncc5c4)cc3[nH]1)OCCO2)C(C)C. The Bertz CT molecular complexity index is 2560. The van der Waals surface area contributed by atoms with Crippen LogP contribution in [0, 0.1) is 17.8 Å². The molecule has 6 atom stereocenters. The summed E-state index contributed by atoms with van der Waals surface area (Å²) in [6.45, 7) is 8.68. The monoisotopic (exact) mass is 875 g/mol. The highest BCUT2D eigenvalue weighted by molar-refractivity contribution is 5.91. The zero-order chi connectivity index (χ0) is 44.9. The summed E-state index contributed by atoms with van der Waals surface area (Å²) in [5.41, 5.74) is 5.03. The van der Waals surface area contributed by atoms with E-state index in [2.05, 4.69) is 44.9 Å². The van der Waals surface area contributed by atoms with E-state index in [1.165, 1.54) is 14.2 Å². The number of aromatic nitrogens is 5. The Kier molecular flexibility index (Phi) is 11.8. The molecule has 3 saturated heterocycles. The molecule has 1 aliphatic carbocycles. The zero-order valence-electron chi connectivity index (χ0n) is 37.2. The number of H-pyrrole nitrogens is 2. The average Bonchev–Trinajstić information content (AvgIpc) is 4.16. The molecule has 17 nitrogen and oxygen atoms in total. The molecular weight excluding hydrogens is 819 g/mol. The first-order valence-corrected chi connectivity index (χ1v) is 22.4. The minimum Gasteiger partial charge on any atom is -0.453 e. The number of likely N-dealkylation sites (tertiary alicyclic amines) is 2. The van der Waals surface area contributed by atoms with Gasteiger partial charge < -0.3 is 49.3 Å². The van der Waals surface area contributed by atoms with E-state index in [0.717, 1.165) is 82.2 Å². The van der Waals surface area contributed by atoms with E-state index in [1.54, 1.807) is 11.1 Å². The third-order valence-corrected chi connectivity index (χ3v) is 13.6. The fourth-order valence-electron chi connectivity index (χ4n) is 10.3. The molecule has 0 unspecified atom stereocenters. The molecule has 1 spiro atoms. The van der Waals surface area contributed by atoms with Crippen molar-refractivity contribution in [1.82, 2.24) is 45.4 Å². The fraction of sp³-hybridized carbons (Fsp3) is 0.511. The maximum atomic E-state index is 14.3. The van der Waals surface area contributed by atoms with Crippen LogP contribution in [0.2, 0.25) is 0 Å². The Morgan fingerprint density at radius 1 is 0.781 bits per heavy atom. The fourth-order valence-corrected chi connectivity index (χ4v) is 10.3. The number of ether oxygens (including phenoxy) is 4. The molecule has 4 N–H and O–H groups in total. The van der Waals surface area contributed by atoms with Crippen molar-refractivity contribution >= 4 is 45.8 Å². The number of rotatable bonds is 10. The molecule has 17 heteroatoms. The van der Waals surface area contributed by atoms with Crippen LogP contribution in [0.4, 0.5) is 9.59 Å². The second kappa shape index (κ2) is 17.5. The molecule has 3 aromatic heterocycles. The first kappa shape index (κ1) is 43.2. The summed E-state index contributed by atoms with van der Waals surface area (Å²) < 4.78 is 21.8. The van der Waals surface area contributed by atoms with E-state index in [9.17, 15) is 19.2 Å². The van der Waals surface area contributed by atoms with Gasteiger partial charge in [0.25, 0.3) is 0 Å². The number of methoxy groups -OCH3 is 2. The normalized spacial score (nSPS) is 22.6. The molecule has 1 saturated carbocycles. The predicted molar refractivity (Wildman–Crippen MR) is 236 cm³/mol. The number of hydrogen-bond acceptors (Lipinski definition) is 11. The number of benzene rings is 2. The van der Waals surface area contributed by atoms with Gasteiger partial charge in [-0.1, -0.05) is 58.7 Å². The van der Waals surface area contributed by atoms with Crippen LogP contribution in [0.5, 0.6) is 0 Å². The molecular formula is C47H57N9O8. The number of imidazole rings is 2. The lowest BCUT2D eigenvalue weighted by Crippen LogP contribution is -2.53. The minimum absolute atomic E-state index is 0.0908. The Balaban J connectivity index is 0.951. The standard InChI is InChI=1S/C47H57N9O8/c1-25(2)39(53-45(59)61-5)43(57)55-24-47(63-15-16-64-47)21-38(55)42-50-32-14-13-28(19-34(32)51-42)27-11-12-29-18-33(48-22-31(29)17-27)35-23-49-41(52-35)37-20-30-9-7-8-10-36(30)56(37)44(58)40(26(3)4)54-46(60)62-6/h11-14,17-19,22-23,25-26,30,36-40H,7-10,15-16,20-21,24H2,1-6H3,(H,49,52)(H,50,51)(H,53,59)(H,54,60)/t30-,36-,37-,38-,39-,40-/m0/s1. The van der Waals surface area contributed by atoms with Gasteiger partial charge in [0.05, 0.1) is 74.7 Å². The molecule has 338 valence electrons. The summed E-state index contributed by atoms with van der Waals surface area (Å²) in [6, 6.07) is 12.2. The van der Waals surface area contributed by atoms with E-state index >= 15 is 0 Å². The molecule has 0 radical (unpaired) electrons. The summed E-state index contributed by atoms with van der Waals surface area (Å²) in [4.78, 5) is 78.2. The number of nitrogens with zero attached hydrogens (tertiary/aromatic N) is 5. The molecule has 4 fully saturated rings. The van der Waals surface area contributed by atoms with Crippen molar-refractivity contribution < 1.29 is 38.1 Å². The van der Waals surface area contributed by atoms with Crippen LogP contribution >= 0.6 is 0 Å². The third-order valence-electron chi connectivity index (χ3n) is 13.6. The van der Waals surface area contributed by atoms with Gasteiger partial charge in [-0.15, -0.1) is 0 Å². The molecule has 2 aromatic carbocycles. The van der Waals surface area contributed by atoms with Crippen molar-refractivity contribution in [3.05, 3.63) is 66.5 Å². The van der Waals surface area contributed by atoms with Gasteiger partial charge in [0.2, 0.25) is 11.8 Å². The minimum atomic E-state index is -0.949. The Morgan fingerprint density at radius 2 is 1.47 bits per heavy atom. The lowest BCUT2D eigenvalue weighted by atomic mass is 9.84. The number of fused-ring (bicyclic) bond motifs is 3. The highest BCUT2D eigenvalue weighted by Gasteiger charge is 2.53. The van der Waals surface area contributed by atoms with Crippen LogP contribution in [-0.2, 0) is 28.5 Å². The molecule has 4 aliphatic rings. The number of amides is 4. The van der Waals surface area contributed by atoms with Crippen LogP contribution in [0.1, 0.15) is 90.0 Å². The Labute approximate surface area is 371 Å². The predicted octanol–water partition coefficient (Wildman–Crippen LogP) is 6.78. The lowest BCUT2D eigenvalue weighted by molar-refractivity contribution is -0.153. The maximum Gasteiger partial charge on any atom is 0.407 e. The van der Waals surface area contributed by atoms with Crippen LogP contribution < -0.4 is 10.6 Å². The summed E-state index contributed by atoms with van der Waals surface area (Å²) >= 11 is 0. The molecule has 64 heavy (non-hydrogen) atoms. The summed E-state index contributed by atoms with van der Waals surface area (Å²) in [5, 5.41) is 7.46. The lowest BCUT2D eigenvalue weighted by Gasteiger charge is -2.36. The van der Waals surface area contributed by atoms with Crippen LogP contribution in [-0.4, -0.2) is 117 Å². The second-order valence-corrected chi connectivity index (χ2v) is 18.3. The Morgan fingerprint density at radius 3 is 2.19 bits per heavy atom. The molecule has 6 heterocycles. The van der Waals surface area contributed by atoms with Crippen molar-refractivity contribution in [3.63, 3.8) is 0 Å². The van der Waals surface area contributed by atoms with Gasteiger partial charge in [-0.2, -0.15) is 0 Å². The van der Waals surface area contributed by atoms with E-state index < -0.39 is 36.1 Å². The third kappa shape index (κ3) is 8.15. The molecule has 9 rings (SSSR count). The number of aromatic amines is 2. The van der Waals surface area contributed by atoms with Crippen molar-refractivity contribution in [1.29, 1.82) is 0 Å². The number of carbonyl (C=O) groups excluding carboxylic acids is 4. The van der Waals surface area contributed by atoms with Gasteiger partial charge in [-0.25, -0.2) is 19.6 Å². The largest absolute Gasteiger partial charge is 0.453 e. The summed E-state index contributed by atoms with van der Waals surface area (Å²) in [6.07, 6.45) is 7.76. The highest BCUT2D eigenvalue weighted by atomic mass is 16.7. The van der Waals surface area contributed by atoms with Crippen LogP contribution in [0.25, 0.3) is 44.3 Å². The van der Waals surface area contributed by atoms with E-state index in [4.69, 9.17) is 33.9 Å². The van der Waals surface area contributed by atoms with Gasteiger partial charge in [0, 0.05) is 24.0 Å². The molecule has 0 bridgehead atoms.